The van der Waals surface area contributed by atoms with Gasteiger partial charge in [-0.25, -0.2) is 17.9 Å². The van der Waals surface area contributed by atoms with E-state index in [-0.39, 0.29) is 6.54 Å². The highest BCUT2D eigenvalue weighted by Gasteiger charge is 2.28. The van der Waals surface area contributed by atoms with Crippen molar-refractivity contribution >= 4 is 10.0 Å². The minimum absolute atomic E-state index is 0.0224. The molecule has 33 heavy (non-hydrogen) atoms. The largest absolute Gasteiger partial charge is 0.330 e. The van der Waals surface area contributed by atoms with Crippen molar-refractivity contribution in [1.82, 2.24) is 23.2 Å². The molecule has 10 heteroatoms. The summed E-state index contributed by atoms with van der Waals surface area (Å²) in [6.07, 6.45) is 2.84. The van der Waals surface area contributed by atoms with Gasteiger partial charge in [0.2, 0.25) is 10.0 Å². The van der Waals surface area contributed by atoms with Crippen molar-refractivity contribution in [3.05, 3.63) is 99.5 Å². The predicted molar refractivity (Wildman–Crippen MR) is 125 cm³/mol. The zero-order valence-corrected chi connectivity index (χ0v) is 19.2. The number of aromatic nitrogens is 4. The van der Waals surface area contributed by atoms with Crippen LogP contribution in [0.3, 0.4) is 0 Å². The second-order valence-corrected chi connectivity index (χ2v) is 9.67. The number of nitrogens with zero attached hydrogens (tertiary/aromatic N) is 5. The number of rotatable bonds is 6. The van der Waals surface area contributed by atoms with Crippen LogP contribution in [0.15, 0.2) is 87.5 Å². The van der Waals surface area contributed by atoms with Crippen molar-refractivity contribution in [1.29, 1.82) is 0 Å². The van der Waals surface area contributed by atoms with Crippen molar-refractivity contribution in [2.24, 2.45) is 14.1 Å². The van der Waals surface area contributed by atoms with Gasteiger partial charge in [-0.2, -0.15) is 9.40 Å². The van der Waals surface area contributed by atoms with E-state index in [1.165, 1.54) is 21.1 Å². The first-order valence-electron chi connectivity index (χ1n) is 10.1. The quantitative estimate of drug-likeness (QED) is 0.432. The summed E-state index contributed by atoms with van der Waals surface area (Å²) in [6, 6.07) is 19.0. The molecule has 170 valence electrons. The Hall–Kier alpha value is -3.76. The van der Waals surface area contributed by atoms with Crippen LogP contribution < -0.4 is 11.2 Å². The van der Waals surface area contributed by atoms with Gasteiger partial charge in [0.1, 0.15) is 0 Å². The maximum Gasteiger partial charge on any atom is 0.330 e. The molecule has 0 radical (unpaired) electrons. The Kier molecular flexibility index (Phi) is 5.88. The van der Waals surface area contributed by atoms with Crippen LogP contribution in [0.4, 0.5) is 0 Å². The van der Waals surface area contributed by atoms with Crippen LogP contribution in [0.1, 0.15) is 5.56 Å². The average Bonchev–Trinajstić information content (AvgIpc) is 3.24. The molecule has 0 bridgehead atoms. The lowest BCUT2D eigenvalue weighted by molar-refractivity contribution is 0.463. The summed E-state index contributed by atoms with van der Waals surface area (Å²) in [4.78, 5) is 24.1. The third kappa shape index (κ3) is 4.18. The molecule has 0 amide bonds. The molecule has 4 aromatic rings. The molecule has 0 aliphatic heterocycles. The molecule has 4 rings (SSSR count). The highest BCUT2D eigenvalue weighted by Crippen LogP contribution is 2.26. The first-order valence-corrected chi connectivity index (χ1v) is 11.6. The molecule has 9 nitrogen and oxygen atoms in total. The summed E-state index contributed by atoms with van der Waals surface area (Å²) in [5, 5.41) is 4.70. The van der Waals surface area contributed by atoms with Gasteiger partial charge in [0.15, 0.2) is 4.90 Å². The van der Waals surface area contributed by atoms with Crippen LogP contribution in [0, 0.1) is 0 Å². The van der Waals surface area contributed by atoms with Crippen LogP contribution in [0.2, 0.25) is 0 Å². The van der Waals surface area contributed by atoms with Gasteiger partial charge in [-0.15, -0.1) is 0 Å². The molecule has 2 aromatic heterocycles. The first-order chi connectivity index (χ1) is 15.7. The van der Waals surface area contributed by atoms with E-state index in [0.29, 0.717) is 11.3 Å². The number of aryl methyl sites for hydroxylation is 1. The molecular formula is C23H23N5O4S. The molecule has 0 N–H and O–H groups in total. The Morgan fingerprint density at radius 2 is 1.52 bits per heavy atom. The maximum absolute atomic E-state index is 13.3. The van der Waals surface area contributed by atoms with E-state index in [9.17, 15) is 18.0 Å². The van der Waals surface area contributed by atoms with E-state index in [1.807, 2.05) is 60.7 Å². The standard InChI is InChI=1S/C23H23N5O4S/c1-25-16-20(22(29)27(3)23(25)30)33(31,32)26(2)14-18-15-28(19-12-8-5-9-13-19)24-21(18)17-10-6-4-7-11-17/h4-13,15-16H,14H2,1-3H3. The summed E-state index contributed by atoms with van der Waals surface area (Å²) in [5.74, 6) is 0. The lowest BCUT2D eigenvalue weighted by Gasteiger charge is -2.17. The second kappa shape index (κ2) is 8.64. The Balaban J connectivity index is 1.78. The molecule has 0 unspecified atom stereocenters. The minimum Gasteiger partial charge on any atom is -0.302 e. The van der Waals surface area contributed by atoms with Gasteiger partial charge in [-0.05, 0) is 12.1 Å². The van der Waals surface area contributed by atoms with Gasteiger partial charge in [-0.3, -0.25) is 9.36 Å². The van der Waals surface area contributed by atoms with Crippen LogP contribution in [-0.2, 0) is 30.7 Å². The first kappa shape index (κ1) is 22.4. The van der Waals surface area contributed by atoms with E-state index in [1.54, 1.807) is 10.9 Å². The van der Waals surface area contributed by atoms with E-state index >= 15 is 0 Å². The van der Waals surface area contributed by atoms with Gasteiger partial charge in [0.25, 0.3) is 5.56 Å². The lowest BCUT2D eigenvalue weighted by Crippen LogP contribution is -2.41. The van der Waals surface area contributed by atoms with Gasteiger partial charge in [0, 0.05) is 51.2 Å². The molecular weight excluding hydrogens is 442 g/mol. The molecule has 0 fully saturated rings. The van der Waals surface area contributed by atoms with Crippen LogP contribution in [0.5, 0.6) is 0 Å². The summed E-state index contributed by atoms with van der Waals surface area (Å²) < 4.78 is 31.2. The molecule has 0 saturated heterocycles. The van der Waals surface area contributed by atoms with Crippen LogP contribution in [0.25, 0.3) is 16.9 Å². The fraction of sp³-hybridized carbons (Fsp3) is 0.174. The highest BCUT2D eigenvalue weighted by molar-refractivity contribution is 7.89. The van der Waals surface area contributed by atoms with Gasteiger partial charge >= 0.3 is 5.69 Å². The average molecular weight is 466 g/mol. The van der Waals surface area contributed by atoms with Crippen molar-refractivity contribution < 1.29 is 8.42 Å². The maximum atomic E-state index is 13.3. The lowest BCUT2D eigenvalue weighted by atomic mass is 10.1. The fourth-order valence-corrected chi connectivity index (χ4v) is 4.82. The van der Waals surface area contributed by atoms with Crippen molar-refractivity contribution in [2.75, 3.05) is 7.05 Å². The Bertz CT molecular complexity index is 1520. The third-order valence-electron chi connectivity index (χ3n) is 5.35. The van der Waals surface area contributed by atoms with Gasteiger partial charge in [-0.1, -0.05) is 48.5 Å². The van der Waals surface area contributed by atoms with Gasteiger partial charge in [0.05, 0.1) is 11.4 Å². The molecule has 2 aromatic carbocycles. The van der Waals surface area contributed by atoms with Gasteiger partial charge < -0.3 is 4.57 Å². The van der Waals surface area contributed by atoms with E-state index < -0.39 is 26.2 Å². The SMILES string of the molecule is CN(Cc1cn(-c2ccccc2)nc1-c1ccccc1)S(=O)(=O)c1cn(C)c(=O)n(C)c1=O. The molecule has 0 atom stereocenters. The summed E-state index contributed by atoms with van der Waals surface area (Å²) in [6.45, 7) is -0.0224. The Morgan fingerprint density at radius 3 is 2.15 bits per heavy atom. The third-order valence-corrected chi connectivity index (χ3v) is 7.14. The van der Waals surface area contributed by atoms with E-state index in [2.05, 4.69) is 0 Å². The molecule has 0 aliphatic carbocycles. The summed E-state index contributed by atoms with van der Waals surface area (Å²) >= 11 is 0. The monoisotopic (exact) mass is 465 g/mol. The molecule has 2 heterocycles. The van der Waals surface area contributed by atoms with Crippen molar-refractivity contribution in [2.45, 2.75) is 11.4 Å². The normalized spacial score (nSPS) is 11.8. The predicted octanol–water partition coefficient (Wildman–Crippen LogP) is 1.76. The van der Waals surface area contributed by atoms with E-state index in [0.717, 1.165) is 30.9 Å². The second-order valence-electron chi connectivity index (χ2n) is 7.66. The minimum atomic E-state index is -4.18. The van der Waals surface area contributed by atoms with Crippen molar-refractivity contribution in [3.63, 3.8) is 0 Å². The summed E-state index contributed by atoms with van der Waals surface area (Å²) in [5.41, 5.74) is 1.50. The number of sulfonamides is 1. The number of benzene rings is 2. The number of para-hydroxylation sites is 1. The topological polar surface area (TPSA) is 99.2 Å². The smallest absolute Gasteiger partial charge is 0.302 e. The molecule has 0 spiro atoms. The molecule has 0 saturated carbocycles. The fourth-order valence-electron chi connectivity index (χ4n) is 3.52. The molecule has 0 aliphatic rings. The summed E-state index contributed by atoms with van der Waals surface area (Å²) in [7, 11) is -0.131. The van der Waals surface area contributed by atoms with E-state index in [4.69, 9.17) is 5.10 Å². The Morgan fingerprint density at radius 1 is 0.909 bits per heavy atom. The van der Waals surface area contributed by atoms with Crippen LogP contribution >= 0.6 is 0 Å². The zero-order chi connectivity index (χ0) is 23.8. The van der Waals surface area contributed by atoms with Crippen LogP contribution in [-0.4, -0.2) is 38.7 Å². The Labute approximate surface area is 190 Å². The number of hydrogen-bond acceptors (Lipinski definition) is 5. The highest BCUT2D eigenvalue weighted by atomic mass is 32.2. The van der Waals surface area contributed by atoms with Crippen molar-refractivity contribution in [3.8, 4) is 16.9 Å². The zero-order valence-electron chi connectivity index (χ0n) is 18.4. The number of hydrogen-bond donors (Lipinski definition) is 0.